The molecule has 2 aliphatic rings. The smallest absolute Gasteiger partial charge is 0.337 e. The van der Waals surface area contributed by atoms with Crippen LogP contribution in [-0.2, 0) is 6.42 Å². The zero-order chi connectivity index (χ0) is 26.2. The van der Waals surface area contributed by atoms with Gasteiger partial charge in [-0.05, 0) is 74.2 Å². The van der Waals surface area contributed by atoms with Gasteiger partial charge in [0.15, 0.2) is 0 Å². The van der Waals surface area contributed by atoms with Crippen molar-refractivity contribution in [3.05, 3.63) is 95.3 Å². The van der Waals surface area contributed by atoms with Crippen LogP contribution >= 0.6 is 0 Å². The predicted octanol–water partition coefficient (Wildman–Crippen LogP) is 5.16. The number of rotatable bonds is 5. The first-order chi connectivity index (χ1) is 18.6. The third-order valence-electron chi connectivity index (χ3n) is 7.17. The number of urea groups is 1. The molecule has 2 amide bonds. The molecule has 1 saturated carbocycles. The van der Waals surface area contributed by atoms with E-state index in [1.165, 1.54) is 17.9 Å². The molecule has 1 fully saturated rings. The summed E-state index contributed by atoms with van der Waals surface area (Å²) in [5.41, 5.74) is 7.62. The molecule has 1 aliphatic carbocycles. The van der Waals surface area contributed by atoms with E-state index >= 15 is 0 Å². The van der Waals surface area contributed by atoms with Gasteiger partial charge in [-0.1, -0.05) is 24.3 Å². The Morgan fingerprint density at radius 3 is 2.55 bits per heavy atom. The highest BCUT2D eigenvalue weighted by atomic mass is 16.5. The second-order valence-corrected chi connectivity index (χ2v) is 9.83. The number of amides is 2. The lowest BCUT2D eigenvalue weighted by molar-refractivity contribution is 0.184. The predicted molar refractivity (Wildman–Crippen MR) is 147 cm³/mol. The molecule has 38 heavy (non-hydrogen) atoms. The standard InChI is InChI=1S/C30H30N6O2/c1-19-16-22-11-14-24(38-3)17-25(22)29(34-35(19)30(37)31-2)21-9-12-23(13-10-21)36-28(26-6-4-5-15-32-26)18-27(33-36)20-7-8-20/h4-6,9-15,17-20H,7-8,16H2,1-3H3,(H,31,37). The van der Waals surface area contributed by atoms with Crippen LogP contribution in [-0.4, -0.2) is 51.7 Å². The van der Waals surface area contributed by atoms with Gasteiger partial charge >= 0.3 is 6.03 Å². The van der Waals surface area contributed by atoms with E-state index in [0.717, 1.165) is 50.9 Å². The zero-order valence-electron chi connectivity index (χ0n) is 21.8. The van der Waals surface area contributed by atoms with E-state index < -0.39 is 0 Å². The summed E-state index contributed by atoms with van der Waals surface area (Å²) < 4.78 is 7.50. The molecule has 1 N–H and O–H groups in total. The van der Waals surface area contributed by atoms with Crippen molar-refractivity contribution >= 4 is 11.7 Å². The van der Waals surface area contributed by atoms with Gasteiger partial charge in [-0.2, -0.15) is 10.2 Å². The fourth-order valence-corrected chi connectivity index (χ4v) is 4.95. The Labute approximate surface area is 222 Å². The minimum atomic E-state index is -0.240. The maximum Gasteiger partial charge on any atom is 0.337 e. The molecule has 4 aromatic rings. The molecule has 192 valence electrons. The molecule has 0 spiro atoms. The van der Waals surface area contributed by atoms with Crippen molar-refractivity contribution in [2.75, 3.05) is 14.2 Å². The minimum absolute atomic E-state index is 0.107. The van der Waals surface area contributed by atoms with Gasteiger partial charge < -0.3 is 10.1 Å². The number of fused-ring (bicyclic) bond motifs is 1. The van der Waals surface area contributed by atoms with E-state index in [9.17, 15) is 4.79 Å². The topological polar surface area (TPSA) is 84.6 Å². The van der Waals surface area contributed by atoms with Crippen molar-refractivity contribution in [2.24, 2.45) is 5.10 Å². The maximum absolute atomic E-state index is 12.7. The van der Waals surface area contributed by atoms with Gasteiger partial charge in [0.1, 0.15) is 5.75 Å². The largest absolute Gasteiger partial charge is 0.497 e. The van der Waals surface area contributed by atoms with E-state index in [-0.39, 0.29) is 12.1 Å². The van der Waals surface area contributed by atoms with Crippen LogP contribution in [0.5, 0.6) is 5.75 Å². The van der Waals surface area contributed by atoms with Gasteiger partial charge in [0.05, 0.1) is 41.6 Å². The van der Waals surface area contributed by atoms with Crippen LogP contribution in [0.15, 0.2) is 78.0 Å². The Morgan fingerprint density at radius 2 is 1.87 bits per heavy atom. The SMILES string of the molecule is CNC(=O)N1N=C(c2ccc(-n3nc(C4CC4)cc3-c3ccccn3)cc2)c2cc(OC)ccc2CC1C. The average molecular weight is 507 g/mol. The summed E-state index contributed by atoms with van der Waals surface area (Å²) in [6.45, 7) is 2.01. The monoisotopic (exact) mass is 506 g/mol. The number of hydrogen-bond donors (Lipinski definition) is 1. The first-order valence-corrected chi connectivity index (χ1v) is 12.9. The molecule has 1 atom stereocenters. The number of ether oxygens (including phenoxy) is 1. The fraction of sp³-hybridized carbons (Fsp3) is 0.267. The Bertz CT molecular complexity index is 1510. The highest BCUT2D eigenvalue weighted by Crippen LogP contribution is 2.41. The van der Waals surface area contributed by atoms with Gasteiger partial charge in [-0.3, -0.25) is 4.98 Å². The summed E-state index contributed by atoms with van der Waals surface area (Å²) in [5, 5.41) is 14.1. The van der Waals surface area contributed by atoms with Crippen molar-refractivity contribution < 1.29 is 9.53 Å². The summed E-state index contributed by atoms with van der Waals surface area (Å²) in [7, 11) is 3.28. The van der Waals surface area contributed by atoms with Crippen molar-refractivity contribution in [3.63, 3.8) is 0 Å². The molecule has 0 bridgehead atoms. The highest BCUT2D eigenvalue weighted by molar-refractivity contribution is 6.14. The number of nitrogens with one attached hydrogen (secondary N) is 1. The maximum atomic E-state index is 12.7. The summed E-state index contributed by atoms with van der Waals surface area (Å²) in [4.78, 5) is 17.3. The van der Waals surface area contributed by atoms with Gasteiger partial charge in [0.2, 0.25) is 0 Å². The summed E-state index contributed by atoms with van der Waals surface area (Å²) in [5.74, 6) is 1.28. The van der Waals surface area contributed by atoms with Crippen molar-refractivity contribution in [3.8, 4) is 22.8 Å². The molecule has 8 nitrogen and oxygen atoms in total. The number of hydrazone groups is 1. The molecule has 3 heterocycles. The number of pyridine rings is 1. The Morgan fingerprint density at radius 1 is 1.05 bits per heavy atom. The first kappa shape index (κ1) is 23.9. The number of carbonyl (C=O) groups is 1. The van der Waals surface area contributed by atoms with Crippen LogP contribution in [0.1, 0.15) is 48.1 Å². The van der Waals surface area contributed by atoms with Crippen molar-refractivity contribution in [2.45, 2.75) is 38.1 Å². The lowest BCUT2D eigenvalue weighted by atomic mass is 9.94. The lowest BCUT2D eigenvalue weighted by Crippen LogP contribution is -2.41. The van der Waals surface area contributed by atoms with E-state index in [1.807, 2.05) is 72.4 Å². The van der Waals surface area contributed by atoms with Crippen LogP contribution < -0.4 is 10.1 Å². The van der Waals surface area contributed by atoms with E-state index in [4.69, 9.17) is 14.9 Å². The molecular formula is C30H30N6O2. The fourth-order valence-electron chi connectivity index (χ4n) is 4.95. The molecule has 6 rings (SSSR count). The van der Waals surface area contributed by atoms with Crippen LogP contribution in [0.4, 0.5) is 4.79 Å². The third kappa shape index (κ3) is 4.42. The summed E-state index contributed by atoms with van der Waals surface area (Å²) in [6, 6.07) is 21.9. The summed E-state index contributed by atoms with van der Waals surface area (Å²) in [6.07, 6.45) is 4.85. The number of methoxy groups -OCH3 is 1. The Balaban J connectivity index is 1.44. The number of nitrogens with zero attached hydrogens (tertiary/aromatic N) is 5. The van der Waals surface area contributed by atoms with E-state index in [0.29, 0.717) is 12.3 Å². The molecule has 0 saturated heterocycles. The molecule has 2 aromatic heterocycles. The number of carbonyl (C=O) groups excluding carboxylic acids is 1. The highest BCUT2D eigenvalue weighted by Gasteiger charge is 2.29. The number of benzene rings is 2. The van der Waals surface area contributed by atoms with Crippen LogP contribution in [0, 0.1) is 0 Å². The molecular weight excluding hydrogens is 476 g/mol. The first-order valence-electron chi connectivity index (χ1n) is 12.9. The van der Waals surface area contributed by atoms with Crippen LogP contribution in [0.3, 0.4) is 0 Å². The van der Waals surface area contributed by atoms with E-state index in [1.54, 1.807) is 14.2 Å². The van der Waals surface area contributed by atoms with Gasteiger partial charge in [-0.25, -0.2) is 14.5 Å². The average Bonchev–Trinajstić information content (AvgIpc) is 3.74. The molecule has 1 aliphatic heterocycles. The quantitative estimate of drug-likeness (QED) is 0.405. The molecule has 0 radical (unpaired) electrons. The minimum Gasteiger partial charge on any atom is -0.497 e. The molecule has 1 unspecified atom stereocenters. The number of aromatic nitrogens is 3. The van der Waals surface area contributed by atoms with Crippen molar-refractivity contribution in [1.29, 1.82) is 0 Å². The van der Waals surface area contributed by atoms with Crippen molar-refractivity contribution in [1.82, 2.24) is 25.1 Å². The number of hydrogen-bond acceptors (Lipinski definition) is 5. The van der Waals surface area contributed by atoms with Gasteiger partial charge in [0, 0.05) is 30.3 Å². The second kappa shape index (κ2) is 9.78. The van der Waals surface area contributed by atoms with Gasteiger partial charge in [-0.15, -0.1) is 0 Å². The Hall–Kier alpha value is -4.46. The second-order valence-electron chi connectivity index (χ2n) is 9.83. The third-order valence-corrected chi connectivity index (χ3v) is 7.17. The normalized spacial score (nSPS) is 16.9. The van der Waals surface area contributed by atoms with E-state index in [2.05, 4.69) is 22.4 Å². The molecule has 2 aromatic carbocycles. The van der Waals surface area contributed by atoms with Crippen LogP contribution in [0.2, 0.25) is 0 Å². The van der Waals surface area contributed by atoms with Crippen LogP contribution in [0.25, 0.3) is 17.1 Å². The Kier molecular flexibility index (Phi) is 6.15. The lowest BCUT2D eigenvalue weighted by Gasteiger charge is -2.22. The molecule has 8 heteroatoms. The van der Waals surface area contributed by atoms with Gasteiger partial charge in [0.25, 0.3) is 0 Å². The zero-order valence-corrected chi connectivity index (χ0v) is 21.8. The summed E-state index contributed by atoms with van der Waals surface area (Å²) >= 11 is 0.